The van der Waals surface area contributed by atoms with E-state index in [0.29, 0.717) is 11.8 Å². The van der Waals surface area contributed by atoms with Gasteiger partial charge in [0.15, 0.2) is 22.9 Å². The molecule has 17 rings (SSSR count). The third kappa shape index (κ3) is 8.93. The highest BCUT2D eigenvalue weighted by Crippen LogP contribution is 2.54. The predicted molar refractivity (Wildman–Crippen MR) is 339 cm³/mol. The van der Waals surface area contributed by atoms with Crippen LogP contribution in [0.4, 0.5) is 0 Å². The number of aryl methyl sites for hydroxylation is 12. The van der Waals surface area contributed by atoms with E-state index >= 15 is 0 Å². The molecule has 0 amide bonds. The van der Waals surface area contributed by atoms with E-state index in [1.807, 2.05) is 73.6 Å². The standard InChI is InChI=1S/C25H21N5.C22H20N6.C21H21N7/c1-29-20-11-9-16-6-3-4-7-17(16)24(20)27-22(29)13-14-23-28-25-18-8-5-15-26-19(18)10-12-21(25)30(23)2;1-12-11-23-13(2)21-25-20(26-28(12)21)16-10-17(16)22-24-19-15-7-5-4-6-14(15)8-9-18(19)27(22)3;1-13-12-23-14(2)21-24-18(26-28(13)21)7-4-8-19-25-20-15-6-5-11-22-16(15)9-10-17(20)27(19)3/h3-12,15H,13-14H2,1-2H3;4-9,11,16-17H,10H2,1-3H3;5-6,9-12H,4,7-8H2,1-3H3/t;16-,17-;/m.1./s1. The molecule has 424 valence electrons. The minimum atomic E-state index is 0.320. The number of hydrogen-bond donors (Lipinski definition) is 0. The molecule has 0 saturated heterocycles. The Hall–Kier alpha value is -10.4. The lowest BCUT2D eigenvalue weighted by Crippen LogP contribution is -2.04. The van der Waals surface area contributed by atoms with Gasteiger partial charge >= 0.3 is 0 Å². The van der Waals surface area contributed by atoms with Gasteiger partial charge in [0, 0.05) is 112 Å². The first-order chi connectivity index (χ1) is 41.9. The summed E-state index contributed by atoms with van der Waals surface area (Å²) in [5, 5.41) is 16.5. The molecular formula is C68H62N18. The van der Waals surface area contributed by atoms with Crippen LogP contribution in [-0.4, -0.2) is 87.3 Å². The van der Waals surface area contributed by atoms with Crippen LogP contribution in [0.3, 0.4) is 0 Å². The number of benzene rings is 6. The molecule has 0 bridgehead atoms. The molecule has 2 atom stereocenters. The van der Waals surface area contributed by atoms with E-state index in [2.05, 4.69) is 186 Å². The Kier molecular flexibility index (Phi) is 12.7. The Balaban J connectivity index is 0.000000109. The van der Waals surface area contributed by atoms with Gasteiger partial charge in [0.05, 0.1) is 77.9 Å². The van der Waals surface area contributed by atoms with E-state index < -0.39 is 0 Å². The topological polar surface area (TPSA) is 183 Å². The Labute approximate surface area is 494 Å². The van der Waals surface area contributed by atoms with Gasteiger partial charge in [-0.05, 0) is 112 Å². The van der Waals surface area contributed by atoms with Gasteiger partial charge in [0.25, 0.3) is 0 Å². The number of hydrogen-bond acceptors (Lipinski definition) is 12. The molecule has 18 heteroatoms. The zero-order valence-corrected chi connectivity index (χ0v) is 49.3. The van der Waals surface area contributed by atoms with Gasteiger partial charge < -0.3 is 18.3 Å². The molecule has 1 aliphatic rings. The zero-order chi connectivity index (χ0) is 58.5. The summed E-state index contributed by atoms with van der Waals surface area (Å²) in [6.45, 7) is 7.95. The van der Waals surface area contributed by atoms with Crippen molar-refractivity contribution >= 4 is 98.8 Å². The second-order valence-corrected chi connectivity index (χ2v) is 22.8. The lowest BCUT2D eigenvalue weighted by Gasteiger charge is -2.04. The van der Waals surface area contributed by atoms with Gasteiger partial charge in [-0.1, -0.05) is 60.7 Å². The van der Waals surface area contributed by atoms with Crippen LogP contribution < -0.4 is 0 Å². The van der Waals surface area contributed by atoms with Crippen molar-refractivity contribution in [2.45, 2.75) is 78.1 Å². The number of fused-ring (bicyclic) bond motifs is 14. The van der Waals surface area contributed by atoms with Crippen LogP contribution in [-0.2, 0) is 53.9 Å². The highest BCUT2D eigenvalue weighted by Gasteiger charge is 2.45. The lowest BCUT2D eigenvalue weighted by atomic mass is 10.1. The summed E-state index contributed by atoms with van der Waals surface area (Å²) in [6, 6.07) is 42.0. The molecule has 0 radical (unpaired) electrons. The van der Waals surface area contributed by atoms with Gasteiger partial charge in [-0.3, -0.25) is 19.9 Å². The number of aromatic nitrogens is 18. The maximum absolute atomic E-state index is 5.06. The summed E-state index contributed by atoms with van der Waals surface area (Å²) in [4.78, 5) is 47.1. The molecule has 18 nitrogen and oxygen atoms in total. The molecule has 16 aromatic rings. The fraction of sp³-hybridized carbons (Fsp3) is 0.235. The lowest BCUT2D eigenvalue weighted by molar-refractivity contribution is 0.708. The fourth-order valence-electron chi connectivity index (χ4n) is 12.5. The molecule has 0 N–H and O–H groups in total. The first kappa shape index (κ1) is 52.4. The first-order valence-electron chi connectivity index (χ1n) is 29.4. The van der Waals surface area contributed by atoms with Crippen LogP contribution in [0.2, 0.25) is 0 Å². The van der Waals surface area contributed by atoms with E-state index in [-0.39, 0.29) is 0 Å². The summed E-state index contributed by atoms with van der Waals surface area (Å²) >= 11 is 0. The van der Waals surface area contributed by atoms with E-state index in [0.717, 1.165) is 162 Å². The van der Waals surface area contributed by atoms with Crippen molar-refractivity contribution < 1.29 is 0 Å². The van der Waals surface area contributed by atoms with Crippen molar-refractivity contribution in [2.24, 2.45) is 28.2 Å². The molecule has 86 heavy (non-hydrogen) atoms. The Morgan fingerprint density at radius 3 is 1.42 bits per heavy atom. The second-order valence-electron chi connectivity index (χ2n) is 22.8. The van der Waals surface area contributed by atoms with Crippen molar-refractivity contribution in [3.63, 3.8) is 0 Å². The van der Waals surface area contributed by atoms with Crippen LogP contribution in [0.1, 0.15) is 82.4 Å². The average molecular weight is 1130 g/mol. The van der Waals surface area contributed by atoms with Crippen molar-refractivity contribution in [1.82, 2.24) is 87.3 Å². The quantitative estimate of drug-likeness (QED) is 0.133. The number of rotatable bonds is 9. The average Bonchev–Trinajstić information content (AvgIpc) is 1.69. The van der Waals surface area contributed by atoms with Gasteiger partial charge in [-0.15, -0.1) is 0 Å². The summed E-state index contributed by atoms with van der Waals surface area (Å²) in [5.74, 6) is 6.79. The van der Waals surface area contributed by atoms with Crippen LogP contribution >= 0.6 is 0 Å². The minimum absolute atomic E-state index is 0.320. The second kappa shape index (κ2) is 20.8. The number of nitrogens with zero attached hydrogens (tertiary/aromatic N) is 18. The highest BCUT2D eigenvalue weighted by atomic mass is 15.3. The van der Waals surface area contributed by atoms with Gasteiger partial charge in [-0.25, -0.2) is 38.9 Å². The Morgan fingerprint density at radius 2 is 0.872 bits per heavy atom. The normalized spacial score (nSPS) is 14.2. The maximum atomic E-state index is 5.06. The summed E-state index contributed by atoms with van der Waals surface area (Å²) in [7, 11) is 8.39. The molecular weight excluding hydrogens is 1070 g/mol. The van der Waals surface area contributed by atoms with Crippen LogP contribution in [0.15, 0.2) is 146 Å². The van der Waals surface area contributed by atoms with Crippen molar-refractivity contribution in [3.05, 3.63) is 204 Å². The van der Waals surface area contributed by atoms with E-state index in [1.54, 1.807) is 0 Å². The van der Waals surface area contributed by atoms with Crippen LogP contribution in [0.5, 0.6) is 0 Å². The van der Waals surface area contributed by atoms with Crippen LogP contribution in [0.25, 0.3) is 98.8 Å². The van der Waals surface area contributed by atoms with Crippen molar-refractivity contribution in [1.29, 1.82) is 0 Å². The van der Waals surface area contributed by atoms with Gasteiger partial charge in [0.1, 0.15) is 23.3 Å². The van der Waals surface area contributed by atoms with Crippen LogP contribution in [0, 0.1) is 27.7 Å². The summed E-state index contributed by atoms with van der Waals surface area (Å²) < 4.78 is 12.6. The number of pyridine rings is 2. The third-order valence-electron chi connectivity index (χ3n) is 17.4. The molecule has 0 aliphatic heterocycles. The maximum Gasteiger partial charge on any atom is 0.177 e. The third-order valence-corrected chi connectivity index (χ3v) is 17.4. The van der Waals surface area contributed by atoms with Gasteiger partial charge in [-0.2, -0.15) is 10.2 Å². The molecule has 1 fully saturated rings. The van der Waals surface area contributed by atoms with Crippen molar-refractivity contribution in [3.8, 4) is 0 Å². The van der Waals surface area contributed by atoms with E-state index in [1.165, 1.54) is 32.6 Å². The first-order valence-corrected chi connectivity index (χ1v) is 29.4. The molecule has 1 aliphatic carbocycles. The SMILES string of the molecule is Cc1ncc(C)n2nc(CCCc3nc4c5cccnc5ccc4n3C)nc12.Cc1ncc(C)n2nc([C@@H]3C[C@H]3c3nc4c5ccccc5ccc4n3C)nc12.Cn1c(CCc2nc3c4cccnc4ccc3n2C)nc2c3ccccc3ccc21. The molecule has 6 aromatic carbocycles. The number of imidazole rings is 4. The van der Waals surface area contributed by atoms with Gasteiger partial charge in [0.2, 0.25) is 0 Å². The molecule has 0 spiro atoms. The molecule has 10 aromatic heterocycles. The van der Waals surface area contributed by atoms with E-state index in [9.17, 15) is 0 Å². The summed E-state index contributed by atoms with van der Waals surface area (Å²) in [6.07, 6.45) is 12.7. The monoisotopic (exact) mass is 1130 g/mol. The molecule has 0 unspecified atom stereocenters. The summed E-state index contributed by atoms with van der Waals surface area (Å²) in [5.41, 5.74) is 16.3. The Morgan fingerprint density at radius 1 is 0.407 bits per heavy atom. The fourth-order valence-corrected chi connectivity index (χ4v) is 12.5. The Bertz CT molecular complexity index is 5150. The predicted octanol–water partition coefficient (Wildman–Crippen LogP) is 12.4. The smallest absolute Gasteiger partial charge is 0.177 e. The van der Waals surface area contributed by atoms with E-state index in [4.69, 9.17) is 30.0 Å². The molecule has 1 saturated carbocycles. The highest BCUT2D eigenvalue weighted by molar-refractivity contribution is 6.06. The largest absolute Gasteiger partial charge is 0.331 e. The zero-order valence-electron chi connectivity index (χ0n) is 49.3. The van der Waals surface area contributed by atoms with Crippen molar-refractivity contribution in [2.75, 3.05) is 0 Å². The molecule has 10 heterocycles. The minimum Gasteiger partial charge on any atom is -0.331 e.